The lowest BCUT2D eigenvalue weighted by atomic mass is 10.0. The number of aryl methyl sites for hydroxylation is 3. The van der Waals surface area contributed by atoms with Crippen molar-refractivity contribution in [2.75, 3.05) is 0 Å². The highest BCUT2D eigenvalue weighted by molar-refractivity contribution is 7.89. The van der Waals surface area contributed by atoms with E-state index in [2.05, 4.69) is 31.2 Å². The quantitative estimate of drug-likeness (QED) is 0.582. The fraction of sp³-hybridized carbons (Fsp3) is 0.565. The summed E-state index contributed by atoms with van der Waals surface area (Å²) in [6, 6.07) is 10.4. The van der Waals surface area contributed by atoms with Crippen molar-refractivity contribution in [1.82, 2.24) is 4.31 Å². The van der Waals surface area contributed by atoms with Gasteiger partial charge in [0.05, 0.1) is 4.90 Å². The standard InChI is InChI=1S/C23H31NO3S2/c1-4-5-6-18-7-11-21(12-8-18)27-22-14-19-9-10-20(15-22)24(19)29(25,26)23-13-16(2)28-17(23)3/h7-8,11-13,19-20,22H,4-6,9-10,14-15H2,1-3H3/t19-,20+,22-. The maximum absolute atomic E-state index is 13.4. The van der Waals surface area contributed by atoms with E-state index in [1.54, 1.807) is 15.6 Å². The van der Waals surface area contributed by atoms with E-state index in [1.165, 1.54) is 18.4 Å². The Kier molecular flexibility index (Phi) is 6.05. The average molecular weight is 434 g/mol. The molecule has 2 fully saturated rings. The minimum atomic E-state index is -3.43. The van der Waals surface area contributed by atoms with E-state index >= 15 is 0 Å². The molecule has 1 aromatic heterocycles. The van der Waals surface area contributed by atoms with E-state index in [9.17, 15) is 8.42 Å². The van der Waals surface area contributed by atoms with Crippen molar-refractivity contribution in [2.45, 2.75) is 88.8 Å². The fourth-order valence-corrected chi connectivity index (χ4v) is 8.28. The van der Waals surface area contributed by atoms with Crippen LogP contribution in [0.3, 0.4) is 0 Å². The highest BCUT2D eigenvalue weighted by atomic mass is 32.2. The van der Waals surface area contributed by atoms with E-state index in [0.717, 1.165) is 47.6 Å². The van der Waals surface area contributed by atoms with Crippen LogP contribution in [0.4, 0.5) is 0 Å². The summed E-state index contributed by atoms with van der Waals surface area (Å²) in [7, 11) is -3.43. The molecule has 29 heavy (non-hydrogen) atoms. The van der Waals surface area contributed by atoms with Crippen LogP contribution in [0, 0.1) is 13.8 Å². The van der Waals surface area contributed by atoms with Crippen molar-refractivity contribution in [3.8, 4) is 5.75 Å². The number of nitrogens with zero attached hydrogens (tertiary/aromatic N) is 1. The van der Waals surface area contributed by atoms with Gasteiger partial charge in [-0.05, 0) is 63.3 Å². The molecular formula is C23H31NO3S2. The Morgan fingerprint density at radius 2 is 1.76 bits per heavy atom. The van der Waals surface area contributed by atoms with Crippen molar-refractivity contribution >= 4 is 21.4 Å². The molecule has 0 spiro atoms. The number of piperidine rings is 1. The van der Waals surface area contributed by atoms with E-state index in [4.69, 9.17) is 4.74 Å². The average Bonchev–Trinajstić information content (AvgIpc) is 3.18. The second-order valence-corrected chi connectivity index (χ2v) is 11.7. The highest BCUT2D eigenvalue weighted by Crippen LogP contribution is 2.42. The number of hydrogen-bond donors (Lipinski definition) is 0. The smallest absolute Gasteiger partial charge is 0.244 e. The van der Waals surface area contributed by atoms with Gasteiger partial charge in [-0.15, -0.1) is 11.3 Å². The second-order valence-electron chi connectivity index (χ2n) is 8.46. The fourth-order valence-electron chi connectivity index (χ4n) is 4.86. The molecule has 4 rings (SSSR count). The molecule has 1 aromatic carbocycles. The second kappa shape index (κ2) is 8.40. The van der Waals surface area contributed by atoms with Gasteiger partial charge in [-0.3, -0.25) is 0 Å². The third-order valence-electron chi connectivity index (χ3n) is 6.22. The van der Waals surface area contributed by atoms with Gasteiger partial charge in [0.25, 0.3) is 0 Å². The molecule has 0 unspecified atom stereocenters. The number of thiophene rings is 1. The first-order chi connectivity index (χ1) is 13.9. The van der Waals surface area contributed by atoms with Crippen LogP contribution in [0.5, 0.6) is 5.75 Å². The van der Waals surface area contributed by atoms with Gasteiger partial charge in [-0.2, -0.15) is 4.31 Å². The van der Waals surface area contributed by atoms with Crippen molar-refractivity contribution < 1.29 is 13.2 Å². The molecule has 2 aromatic rings. The monoisotopic (exact) mass is 433 g/mol. The van der Waals surface area contributed by atoms with Crippen LogP contribution in [-0.2, 0) is 16.4 Å². The minimum Gasteiger partial charge on any atom is -0.490 e. The maximum Gasteiger partial charge on any atom is 0.244 e. The number of rotatable bonds is 7. The first-order valence-electron chi connectivity index (χ1n) is 10.7. The lowest BCUT2D eigenvalue weighted by Crippen LogP contribution is -2.49. The van der Waals surface area contributed by atoms with Crippen LogP contribution < -0.4 is 4.74 Å². The SMILES string of the molecule is CCCCc1ccc(O[C@@H]2C[C@H]3CC[C@@H](C2)N3S(=O)(=O)c2cc(C)sc2C)cc1. The number of benzene rings is 1. The summed E-state index contributed by atoms with van der Waals surface area (Å²) in [5, 5.41) is 0. The molecule has 0 N–H and O–H groups in total. The molecule has 3 atom stereocenters. The molecule has 2 saturated heterocycles. The topological polar surface area (TPSA) is 46.6 Å². The van der Waals surface area contributed by atoms with Crippen molar-refractivity contribution in [2.24, 2.45) is 0 Å². The molecule has 6 heteroatoms. The van der Waals surface area contributed by atoms with Crippen LogP contribution in [0.15, 0.2) is 35.2 Å². The Hall–Kier alpha value is -1.37. The molecule has 2 aliphatic heterocycles. The Morgan fingerprint density at radius 1 is 1.10 bits per heavy atom. The Labute approximate surface area is 178 Å². The third kappa shape index (κ3) is 4.25. The summed E-state index contributed by atoms with van der Waals surface area (Å²) in [6.45, 7) is 6.09. The molecule has 4 nitrogen and oxygen atoms in total. The summed E-state index contributed by atoms with van der Waals surface area (Å²) in [6.07, 6.45) is 7.02. The van der Waals surface area contributed by atoms with Gasteiger partial charge in [0.15, 0.2) is 0 Å². The van der Waals surface area contributed by atoms with Gasteiger partial charge in [0.1, 0.15) is 11.9 Å². The minimum absolute atomic E-state index is 0.0483. The zero-order chi connectivity index (χ0) is 20.6. The Bertz CT molecular complexity index is 935. The van der Waals surface area contributed by atoms with Gasteiger partial charge < -0.3 is 4.74 Å². The summed E-state index contributed by atoms with van der Waals surface area (Å²) in [5.41, 5.74) is 1.35. The van der Waals surface area contributed by atoms with Crippen LogP contribution in [0.2, 0.25) is 0 Å². The number of hydrogen-bond acceptors (Lipinski definition) is 4. The lowest BCUT2D eigenvalue weighted by molar-refractivity contribution is 0.0956. The number of fused-ring (bicyclic) bond motifs is 2. The molecule has 158 valence electrons. The highest BCUT2D eigenvalue weighted by Gasteiger charge is 2.48. The predicted octanol–water partition coefficient (Wildman–Crippen LogP) is 5.47. The molecule has 3 heterocycles. The third-order valence-corrected chi connectivity index (χ3v) is 9.45. The first kappa shape index (κ1) is 20.9. The number of ether oxygens (including phenoxy) is 1. The van der Waals surface area contributed by atoms with Crippen LogP contribution >= 0.6 is 11.3 Å². The zero-order valence-electron chi connectivity index (χ0n) is 17.6. The maximum atomic E-state index is 13.4. The first-order valence-corrected chi connectivity index (χ1v) is 13.0. The summed E-state index contributed by atoms with van der Waals surface area (Å²) < 4.78 is 34.8. The molecule has 2 bridgehead atoms. The number of sulfonamides is 1. The molecule has 0 radical (unpaired) electrons. The Balaban J connectivity index is 1.44. The molecule has 2 aliphatic rings. The van der Waals surface area contributed by atoms with E-state index < -0.39 is 10.0 Å². The van der Waals surface area contributed by atoms with E-state index in [-0.39, 0.29) is 18.2 Å². The lowest BCUT2D eigenvalue weighted by Gasteiger charge is -2.37. The summed E-state index contributed by atoms with van der Waals surface area (Å²) >= 11 is 1.56. The van der Waals surface area contributed by atoms with Crippen molar-refractivity contribution in [3.63, 3.8) is 0 Å². The summed E-state index contributed by atoms with van der Waals surface area (Å²) in [4.78, 5) is 2.44. The van der Waals surface area contributed by atoms with Crippen molar-refractivity contribution in [3.05, 3.63) is 45.6 Å². The predicted molar refractivity (Wildman–Crippen MR) is 118 cm³/mol. The molecule has 0 aliphatic carbocycles. The molecule has 0 saturated carbocycles. The van der Waals surface area contributed by atoms with Gasteiger partial charge in [-0.1, -0.05) is 25.5 Å². The van der Waals surface area contributed by atoms with Gasteiger partial charge in [0, 0.05) is 34.7 Å². The van der Waals surface area contributed by atoms with Crippen LogP contribution in [-0.4, -0.2) is 30.9 Å². The normalized spacial score (nSPS) is 24.7. The van der Waals surface area contributed by atoms with Gasteiger partial charge >= 0.3 is 0 Å². The zero-order valence-corrected chi connectivity index (χ0v) is 19.2. The molecular weight excluding hydrogens is 402 g/mol. The Morgan fingerprint density at radius 3 is 2.31 bits per heavy atom. The van der Waals surface area contributed by atoms with E-state index in [0.29, 0.717) is 4.90 Å². The summed E-state index contributed by atoms with van der Waals surface area (Å²) in [5.74, 6) is 0.898. The van der Waals surface area contributed by atoms with Crippen LogP contribution in [0.25, 0.3) is 0 Å². The largest absolute Gasteiger partial charge is 0.490 e. The molecule has 0 amide bonds. The van der Waals surface area contributed by atoms with Gasteiger partial charge in [-0.25, -0.2) is 8.42 Å². The van der Waals surface area contributed by atoms with Gasteiger partial charge in [0.2, 0.25) is 10.0 Å². The van der Waals surface area contributed by atoms with E-state index in [1.807, 2.05) is 19.9 Å². The van der Waals surface area contributed by atoms with Crippen molar-refractivity contribution in [1.29, 1.82) is 0 Å². The van der Waals surface area contributed by atoms with Crippen LogP contribution in [0.1, 0.15) is 60.8 Å². The number of unbranched alkanes of at least 4 members (excludes halogenated alkanes) is 1.